The molecule has 0 amide bonds. The molecule has 0 saturated heterocycles. The van der Waals surface area contributed by atoms with Gasteiger partial charge < -0.3 is 9.52 Å². The SMILES string of the molecule is CCC(=O)O.c1cc2ccc1o2. The Labute approximate surface area is 69.9 Å². The zero-order valence-corrected chi connectivity index (χ0v) is 6.78. The van der Waals surface area contributed by atoms with E-state index in [-0.39, 0.29) is 6.42 Å². The third-order valence-electron chi connectivity index (χ3n) is 1.36. The molecule has 64 valence electrons. The van der Waals surface area contributed by atoms with Crippen LogP contribution in [0.25, 0.3) is 11.2 Å². The lowest BCUT2D eigenvalue weighted by Crippen LogP contribution is -1.86. The largest absolute Gasteiger partial charge is 0.481 e. The molecular weight excluding hydrogens is 156 g/mol. The number of carbonyl (C=O) groups is 1. The van der Waals surface area contributed by atoms with Gasteiger partial charge in [0.15, 0.2) is 0 Å². The molecule has 3 nitrogen and oxygen atoms in total. The maximum absolute atomic E-state index is 9.37. The molecule has 0 aliphatic heterocycles. The zero-order valence-electron chi connectivity index (χ0n) is 6.78. The van der Waals surface area contributed by atoms with Gasteiger partial charge >= 0.3 is 5.97 Å². The fourth-order valence-corrected chi connectivity index (χ4v) is 0.712. The van der Waals surface area contributed by atoms with E-state index in [0.717, 1.165) is 11.2 Å². The van der Waals surface area contributed by atoms with Gasteiger partial charge in [0.25, 0.3) is 0 Å². The van der Waals surface area contributed by atoms with E-state index < -0.39 is 5.97 Å². The van der Waals surface area contributed by atoms with Gasteiger partial charge in [-0.25, -0.2) is 0 Å². The monoisotopic (exact) mass is 166 g/mol. The highest BCUT2D eigenvalue weighted by molar-refractivity contribution is 5.66. The molecular formula is C9H10O3. The molecule has 0 aliphatic carbocycles. The molecule has 2 heterocycles. The van der Waals surface area contributed by atoms with Crippen LogP contribution in [0.15, 0.2) is 28.7 Å². The van der Waals surface area contributed by atoms with Crippen molar-refractivity contribution in [2.45, 2.75) is 13.3 Å². The van der Waals surface area contributed by atoms with Crippen LogP contribution in [0.2, 0.25) is 0 Å². The standard InChI is InChI=1S/C6H4O.C3H6O2/c1-2-6-4-3-5(1)7-6;1-2-3(4)5/h1-4H;2H2,1H3,(H,4,5). The Balaban J connectivity index is 0.000000130. The van der Waals surface area contributed by atoms with Gasteiger partial charge in [-0.1, -0.05) is 6.92 Å². The van der Waals surface area contributed by atoms with Crippen LogP contribution >= 0.6 is 0 Å². The summed E-state index contributed by atoms with van der Waals surface area (Å²) in [5, 5.41) is 7.72. The number of rotatable bonds is 1. The number of benzene rings is 1. The van der Waals surface area contributed by atoms with Gasteiger partial charge in [-0.2, -0.15) is 0 Å². The number of furan rings is 2. The molecule has 0 saturated carbocycles. The van der Waals surface area contributed by atoms with Gasteiger partial charge in [-0.15, -0.1) is 0 Å². The van der Waals surface area contributed by atoms with E-state index in [1.807, 2.05) is 24.3 Å². The van der Waals surface area contributed by atoms with E-state index in [4.69, 9.17) is 9.52 Å². The fraction of sp³-hybridized carbons (Fsp3) is 0.222. The molecule has 2 aromatic rings. The van der Waals surface area contributed by atoms with Gasteiger partial charge in [0.05, 0.1) is 0 Å². The average Bonchev–Trinajstić information content (AvgIpc) is 2.67. The van der Waals surface area contributed by atoms with Crippen molar-refractivity contribution in [1.29, 1.82) is 0 Å². The fourth-order valence-electron chi connectivity index (χ4n) is 0.712. The first-order valence-electron chi connectivity index (χ1n) is 3.72. The molecule has 0 aliphatic rings. The summed E-state index contributed by atoms with van der Waals surface area (Å²) in [6.45, 7) is 1.60. The lowest BCUT2D eigenvalue weighted by Gasteiger charge is -1.71. The van der Waals surface area contributed by atoms with Crippen molar-refractivity contribution >= 4 is 17.1 Å². The maximum Gasteiger partial charge on any atom is 0.303 e. The first-order chi connectivity index (χ1) is 5.72. The summed E-state index contributed by atoms with van der Waals surface area (Å²) < 4.78 is 5.08. The lowest BCUT2D eigenvalue weighted by atomic mass is 10.4. The first-order valence-corrected chi connectivity index (χ1v) is 3.72. The molecule has 0 atom stereocenters. The summed E-state index contributed by atoms with van der Waals surface area (Å²) in [7, 11) is 0. The second kappa shape index (κ2) is 3.76. The van der Waals surface area contributed by atoms with Crippen molar-refractivity contribution in [3.8, 4) is 0 Å². The topological polar surface area (TPSA) is 50.4 Å². The molecule has 3 heteroatoms. The number of hydrogen-bond acceptors (Lipinski definition) is 2. The van der Waals surface area contributed by atoms with E-state index in [0.29, 0.717) is 0 Å². The van der Waals surface area contributed by atoms with E-state index >= 15 is 0 Å². The number of carboxylic acid groups (broad SMARTS) is 1. The molecule has 12 heavy (non-hydrogen) atoms. The van der Waals surface area contributed by atoms with Gasteiger partial charge in [0.2, 0.25) is 0 Å². The number of carboxylic acids is 1. The van der Waals surface area contributed by atoms with Crippen LogP contribution in [0.3, 0.4) is 0 Å². The summed E-state index contributed by atoms with van der Waals surface area (Å²) in [6.07, 6.45) is 0.222. The van der Waals surface area contributed by atoms with Gasteiger partial charge in [0, 0.05) is 6.42 Å². The zero-order chi connectivity index (χ0) is 8.97. The van der Waals surface area contributed by atoms with E-state index in [1.165, 1.54) is 0 Å². The van der Waals surface area contributed by atoms with Crippen LogP contribution in [0, 0.1) is 0 Å². The molecule has 0 aromatic carbocycles. The second-order valence-corrected chi connectivity index (χ2v) is 2.32. The number of fused-ring (bicyclic) bond motifs is 2. The van der Waals surface area contributed by atoms with Crippen molar-refractivity contribution in [3.05, 3.63) is 24.3 Å². The van der Waals surface area contributed by atoms with E-state index in [9.17, 15) is 4.79 Å². The Morgan fingerprint density at radius 2 is 1.67 bits per heavy atom. The van der Waals surface area contributed by atoms with E-state index in [1.54, 1.807) is 6.92 Å². The van der Waals surface area contributed by atoms with Crippen molar-refractivity contribution < 1.29 is 14.3 Å². The van der Waals surface area contributed by atoms with Gasteiger partial charge in [0.1, 0.15) is 11.2 Å². The molecule has 0 radical (unpaired) electrons. The summed E-state index contributed by atoms with van der Waals surface area (Å²) >= 11 is 0. The highest BCUT2D eigenvalue weighted by Gasteiger charge is 1.91. The molecule has 0 spiro atoms. The minimum absolute atomic E-state index is 0.222. The summed E-state index contributed by atoms with van der Waals surface area (Å²) in [5.41, 5.74) is 1.94. The summed E-state index contributed by atoms with van der Waals surface area (Å²) in [6, 6.07) is 7.81. The van der Waals surface area contributed by atoms with Gasteiger partial charge in [-0.3, -0.25) is 4.79 Å². The van der Waals surface area contributed by atoms with Crippen LogP contribution in [0.4, 0.5) is 0 Å². The third-order valence-corrected chi connectivity index (χ3v) is 1.36. The van der Waals surface area contributed by atoms with Crippen LogP contribution < -0.4 is 0 Å². The Bertz CT molecular complexity index is 292. The Kier molecular flexibility index (Phi) is 2.69. The maximum atomic E-state index is 9.37. The Hall–Kier alpha value is -1.51. The quantitative estimate of drug-likeness (QED) is 0.707. The number of hydrogen-bond donors (Lipinski definition) is 1. The van der Waals surface area contributed by atoms with Crippen molar-refractivity contribution in [2.75, 3.05) is 0 Å². The Morgan fingerprint density at radius 1 is 1.33 bits per heavy atom. The predicted molar refractivity (Wildman–Crippen MR) is 45.3 cm³/mol. The second-order valence-electron chi connectivity index (χ2n) is 2.32. The Morgan fingerprint density at radius 3 is 1.75 bits per heavy atom. The summed E-state index contributed by atoms with van der Waals surface area (Å²) in [4.78, 5) is 9.37. The van der Waals surface area contributed by atoms with Crippen molar-refractivity contribution in [2.24, 2.45) is 0 Å². The van der Waals surface area contributed by atoms with Crippen molar-refractivity contribution in [3.63, 3.8) is 0 Å². The molecule has 2 rings (SSSR count). The molecule has 2 bridgehead atoms. The average molecular weight is 166 g/mol. The van der Waals surface area contributed by atoms with Crippen molar-refractivity contribution in [1.82, 2.24) is 0 Å². The molecule has 0 fully saturated rings. The molecule has 1 N–H and O–H groups in total. The minimum Gasteiger partial charge on any atom is -0.481 e. The predicted octanol–water partition coefficient (Wildman–Crippen LogP) is 2.35. The lowest BCUT2D eigenvalue weighted by molar-refractivity contribution is -0.136. The van der Waals surface area contributed by atoms with E-state index in [2.05, 4.69) is 0 Å². The number of aliphatic carboxylic acids is 1. The molecule has 0 unspecified atom stereocenters. The molecule has 2 aromatic heterocycles. The van der Waals surface area contributed by atoms with Crippen LogP contribution in [0.5, 0.6) is 0 Å². The minimum atomic E-state index is -0.745. The highest BCUT2D eigenvalue weighted by atomic mass is 16.4. The van der Waals surface area contributed by atoms with Crippen LogP contribution in [-0.4, -0.2) is 11.1 Å². The van der Waals surface area contributed by atoms with Crippen LogP contribution in [-0.2, 0) is 4.79 Å². The van der Waals surface area contributed by atoms with Crippen LogP contribution in [0.1, 0.15) is 13.3 Å². The normalized spacial score (nSPS) is 9.42. The third kappa shape index (κ3) is 2.27. The summed E-state index contributed by atoms with van der Waals surface area (Å²) in [5.74, 6) is -0.745. The smallest absolute Gasteiger partial charge is 0.303 e. The van der Waals surface area contributed by atoms with Gasteiger partial charge in [-0.05, 0) is 24.3 Å². The first kappa shape index (κ1) is 8.59. The highest BCUT2D eigenvalue weighted by Crippen LogP contribution is 2.13.